The van der Waals surface area contributed by atoms with Gasteiger partial charge < -0.3 is 5.11 Å². The van der Waals surface area contributed by atoms with Gasteiger partial charge in [-0.25, -0.2) is 0 Å². The summed E-state index contributed by atoms with van der Waals surface area (Å²) in [5, 5.41) is 9.49. The van der Waals surface area contributed by atoms with Crippen LogP contribution in [0.2, 0.25) is 0 Å². The van der Waals surface area contributed by atoms with Gasteiger partial charge in [0.25, 0.3) is 10.2 Å². The molecule has 0 aliphatic carbocycles. The van der Waals surface area contributed by atoms with E-state index in [1.165, 1.54) is 0 Å². The zero-order valence-corrected chi connectivity index (χ0v) is 15.5. The number of unbranched alkanes of at least 4 members (excludes halogenated alkanes) is 1. The second kappa shape index (κ2) is 9.12. The van der Waals surface area contributed by atoms with Crippen molar-refractivity contribution >= 4 is 16.2 Å². The van der Waals surface area contributed by atoms with E-state index in [1.54, 1.807) is 8.61 Å². The normalized spacial score (nSPS) is 23.7. The molecule has 0 aromatic rings. The summed E-state index contributed by atoms with van der Waals surface area (Å²) in [6.45, 7) is 5.27. The predicted octanol–water partition coefficient (Wildman–Crippen LogP) is 1.37. The molecule has 7 nitrogen and oxygen atoms in total. The average molecular weight is 362 g/mol. The van der Waals surface area contributed by atoms with E-state index in [4.69, 9.17) is 0 Å². The lowest BCUT2D eigenvalue weighted by Crippen LogP contribution is -2.48. The van der Waals surface area contributed by atoms with Crippen molar-refractivity contribution in [3.63, 3.8) is 0 Å². The summed E-state index contributed by atoms with van der Waals surface area (Å²) in [5.74, 6) is -0.796. The van der Waals surface area contributed by atoms with Gasteiger partial charge in [0.05, 0.1) is 0 Å². The lowest BCUT2D eigenvalue weighted by atomic mass is 10.1. The Kier molecular flexibility index (Phi) is 7.46. The maximum absolute atomic E-state index is 12.8. The number of rotatable bonds is 7. The second-order valence-electron chi connectivity index (χ2n) is 6.75. The quantitative estimate of drug-likeness (QED) is 0.741. The van der Waals surface area contributed by atoms with Crippen molar-refractivity contribution in [2.24, 2.45) is 0 Å². The molecule has 1 unspecified atom stereocenters. The molecular formula is C16H31N3O4S. The zero-order chi connectivity index (χ0) is 17.6. The van der Waals surface area contributed by atoms with Gasteiger partial charge in [0.15, 0.2) is 0 Å². The summed E-state index contributed by atoms with van der Waals surface area (Å²) in [6.07, 6.45) is 6.11. The molecule has 0 saturated carbocycles. The number of nitrogens with zero attached hydrogens (tertiary/aromatic N) is 3. The molecule has 1 atom stereocenters. The van der Waals surface area contributed by atoms with Gasteiger partial charge in [-0.1, -0.05) is 26.2 Å². The van der Waals surface area contributed by atoms with Crippen LogP contribution >= 0.6 is 0 Å². The third kappa shape index (κ3) is 4.91. The Bertz CT molecular complexity index is 505. The highest BCUT2D eigenvalue weighted by molar-refractivity contribution is 7.86. The molecule has 2 aliphatic rings. The smallest absolute Gasteiger partial charge is 0.320 e. The van der Waals surface area contributed by atoms with Gasteiger partial charge in [0.1, 0.15) is 6.04 Å². The van der Waals surface area contributed by atoms with E-state index < -0.39 is 22.2 Å². The summed E-state index contributed by atoms with van der Waals surface area (Å²) < 4.78 is 28.7. The van der Waals surface area contributed by atoms with E-state index in [9.17, 15) is 18.3 Å². The fourth-order valence-electron chi connectivity index (χ4n) is 3.57. The summed E-state index contributed by atoms with van der Waals surface area (Å²) >= 11 is 0. The number of aliphatic carboxylic acids is 1. The Balaban J connectivity index is 1.99. The number of carboxylic acid groups (broad SMARTS) is 1. The van der Waals surface area contributed by atoms with Crippen LogP contribution in [-0.4, -0.2) is 78.3 Å². The van der Waals surface area contributed by atoms with Crippen LogP contribution in [0, 0.1) is 0 Å². The summed E-state index contributed by atoms with van der Waals surface area (Å²) in [5.41, 5.74) is 0. The monoisotopic (exact) mass is 361 g/mol. The molecule has 2 heterocycles. The first-order valence-electron chi connectivity index (χ1n) is 9.19. The van der Waals surface area contributed by atoms with Crippen LogP contribution < -0.4 is 0 Å². The fourth-order valence-corrected chi connectivity index (χ4v) is 5.29. The molecule has 0 amide bonds. The Morgan fingerprint density at radius 2 is 1.58 bits per heavy atom. The third-order valence-corrected chi connectivity index (χ3v) is 7.05. The Morgan fingerprint density at radius 1 is 0.958 bits per heavy atom. The van der Waals surface area contributed by atoms with Crippen molar-refractivity contribution in [2.45, 2.75) is 57.9 Å². The molecule has 0 bridgehead atoms. The maximum atomic E-state index is 12.8. The predicted molar refractivity (Wildman–Crippen MR) is 93.1 cm³/mol. The number of carbonyl (C=O) groups is 1. The molecule has 8 heteroatoms. The maximum Gasteiger partial charge on any atom is 0.320 e. The average Bonchev–Trinajstić information content (AvgIpc) is 2.82. The van der Waals surface area contributed by atoms with Crippen molar-refractivity contribution < 1.29 is 18.3 Å². The summed E-state index contributed by atoms with van der Waals surface area (Å²) in [4.78, 5) is 13.5. The van der Waals surface area contributed by atoms with Gasteiger partial charge in [-0.15, -0.1) is 0 Å². The van der Waals surface area contributed by atoms with E-state index in [-0.39, 0.29) is 0 Å². The largest absolute Gasteiger partial charge is 0.480 e. The summed E-state index contributed by atoms with van der Waals surface area (Å²) in [7, 11) is -3.40. The first-order valence-corrected chi connectivity index (χ1v) is 10.6. The van der Waals surface area contributed by atoms with Crippen molar-refractivity contribution in [3.8, 4) is 0 Å². The van der Waals surface area contributed by atoms with Gasteiger partial charge in [-0.05, 0) is 25.7 Å². The van der Waals surface area contributed by atoms with E-state index in [0.717, 1.165) is 32.1 Å². The molecule has 2 fully saturated rings. The molecule has 0 aromatic heterocycles. The van der Waals surface area contributed by atoms with Crippen molar-refractivity contribution in [3.05, 3.63) is 0 Å². The van der Waals surface area contributed by atoms with E-state index in [0.29, 0.717) is 52.1 Å². The van der Waals surface area contributed by atoms with Gasteiger partial charge in [0, 0.05) is 39.3 Å². The molecular weight excluding hydrogens is 330 g/mol. The molecule has 2 rings (SSSR count). The van der Waals surface area contributed by atoms with E-state index in [1.807, 2.05) is 11.8 Å². The van der Waals surface area contributed by atoms with Gasteiger partial charge in [-0.2, -0.15) is 17.0 Å². The number of piperidine rings is 1. The standard InChI is InChI=1S/C16H31N3O4S/c1-2-3-8-15(16(20)21)17-9-7-12-19(14-13-17)24(22,23)18-10-5-4-6-11-18/h15H,2-14H2,1H3,(H,20,21). The topological polar surface area (TPSA) is 81.2 Å². The van der Waals surface area contributed by atoms with E-state index >= 15 is 0 Å². The van der Waals surface area contributed by atoms with Crippen molar-refractivity contribution in [1.82, 2.24) is 13.5 Å². The van der Waals surface area contributed by atoms with Crippen LogP contribution in [0.3, 0.4) is 0 Å². The first kappa shape index (κ1) is 19.6. The fraction of sp³-hybridized carbons (Fsp3) is 0.938. The zero-order valence-electron chi connectivity index (χ0n) is 14.7. The minimum absolute atomic E-state index is 0.384. The minimum Gasteiger partial charge on any atom is -0.480 e. The van der Waals surface area contributed by atoms with Crippen molar-refractivity contribution in [1.29, 1.82) is 0 Å². The summed E-state index contributed by atoms with van der Waals surface area (Å²) in [6, 6.07) is -0.498. The molecule has 24 heavy (non-hydrogen) atoms. The minimum atomic E-state index is -3.40. The second-order valence-corrected chi connectivity index (χ2v) is 8.68. The van der Waals surface area contributed by atoms with Gasteiger partial charge in [0.2, 0.25) is 0 Å². The number of hydrogen-bond donors (Lipinski definition) is 1. The van der Waals surface area contributed by atoms with Crippen LogP contribution in [0.1, 0.15) is 51.9 Å². The van der Waals surface area contributed by atoms with Crippen LogP contribution in [0.4, 0.5) is 0 Å². The highest BCUT2D eigenvalue weighted by atomic mass is 32.2. The Hall–Kier alpha value is -0.700. The highest BCUT2D eigenvalue weighted by Gasteiger charge is 2.34. The van der Waals surface area contributed by atoms with Crippen LogP contribution in [0.5, 0.6) is 0 Å². The molecule has 2 saturated heterocycles. The lowest BCUT2D eigenvalue weighted by Gasteiger charge is -2.32. The lowest BCUT2D eigenvalue weighted by molar-refractivity contribution is -0.143. The molecule has 0 aromatic carbocycles. The molecule has 140 valence electrons. The number of hydrogen-bond acceptors (Lipinski definition) is 4. The van der Waals surface area contributed by atoms with Crippen LogP contribution in [-0.2, 0) is 15.0 Å². The van der Waals surface area contributed by atoms with Gasteiger partial charge >= 0.3 is 5.97 Å². The Morgan fingerprint density at radius 3 is 2.21 bits per heavy atom. The SMILES string of the molecule is CCCCC(C(=O)O)N1CCCN(S(=O)(=O)N2CCCCC2)CC1. The van der Waals surface area contributed by atoms with E-state index in [2.05, 4.69) is 0 Å². The third-order valence-electron chi connectivity index (χ3n) is 5.01. The molecule has 0 spiro atoms. The Labute approximate surface area is 145 Å². The first-order chi connectivity index (χ1) is 11.5. The molecule has 0 radical (unpaired) electrons. The van der Waals surface area contributed by atoms with Crippen LogP contribution in [0.15, 0.2) is 0 Å². The molecule has 1 N–H and O–H groups in total. The number of carboxylic acids is 1. The van der Waals surface area contributed by atoms with Crippen LogP contribution in [0.25, 0.3) is 0 Å². The highest BCUT2D eigenvalue weighted by Crippen LogP contribution is 2.19. The van der Waals surface area contributed by atoms with Crippen molar-refractivity contribution in [2.75, 3.05) is 39.3 Å². The molecule has 2 aliphatic heterocycles. The van der Waals surface area contributed by atoms with Gasteiger partial charge in [-0.3, -0.25) is 9.69 Å².